The minimum atomic E-state index is -2.82. The van der Waals surface area contributed by atoms with Gasteiger partial charge in [-0.05, 0) is 0 Å². The van der Waals surface area contributed by atoms with Crippen molar-refractivity contribution in [2.45, 2.75) is 11.8 Å². The maximum absolute atomic E-state index is 12.3. The number of carbonyl (C=O) groups is 1. The minimum Gasteiger partial charge on any atom is -0.505 e. The summed E-state index contributed by atoms with van der Waals surface area (Å²) < 4.78 is 24.6. The molecule has 1 heterocycles. The standard InChI is InChI=1S/C8H6BrF2NO2/c9-1-6-7(14)5(3-13)4(2-12-6)8(10)11/h2-3,8,14H,1H2. The van der Waals surface area contributed by atoms with Crippen LogP contribution < -0.4 is 0 Å². The molecule has 1 rings (SSSR count). The van der Waals surface area contributed by atoms with Gasteiger partial charge in [0, 0.05) is 11.5 Å². The summed E-state index contributed by atoms with van der Waals surface area (Å²) in [5, 5.41) is 9.56. The van der Waals surface area contributed by atoms with Crippen molar-refractivity contribution in [1.29, 1.82) is 0 Å². The fourth-order valence-electron chi connectivity index (χ4n) is 0.966. The maximum atomic E-state index is 12.3. The summed E-state index contributed by atoms with van der Waals surface area (Å²) >= 11 is 3.01. The van der Waals surface area contributed by atoms with Crippen LogP contribution in [0.4, 0.5) is 8.78 Å². The lowest BCUT2D eigenvalue weighted by Gasteiger charge is -2.07. The van der Waals surface area contributed by atoms with E-state index in [9.17, 15) is 18.7 Å². The van der Waals surface area contributed by atoms with Crippen molar-refractivity contribution < 1.29 is 18.7 Å². The fraction of sp³-hybridized carbons (Fsp3) is 0.250. The molecule has 0 unspecified atom stereocenters. The molecule has 0 aromatic carbocycles. The number of rotatable bonds is 3. The predicted octanol–water partition coefficient (Wildman–Crippen LogP) is 2.43. The van der Waals surface area contributed by atoms with Crippen molar-refractivity contribution in [2.75, 3.05) is 0 Å². The van der Waals surface area contributed by atoms with E-state index >= 15 is 0 Å². The third kappa shape index (κ3) is 1.89. The molecule has 0 fully saturated rings. The van der Waals surface area contributed by atoms with E-state index in [4.69, 9.17) is 0 Å². The molecular weight excluding hydrogens is 260 g/mol. The predicted molar refractivity (Wildman–Crippen MR) is 48.9 cm³/mol. The van der Waals surface area contributed by atoms with Gasteiger partial charge in [-0.1, -0.05) is 15.9 Å². The van der Waals surface area contributed by atoms with Gasteiger partial charge in [0.1, 0.15) is 5.75 Å². The molecule has 0 bridgehead atoms. The number of carbonyl (C=O) groups excluding carboxylic acids is 1. The SMILES string of the molecule is O=Cc1c(C(F)F)cnc(CBr)c1O. The first-order valence-electron chi connectivity index (χ1n) is 3.61. The zero-order chi connectivity index (χ0) is 10.7. The van der Waals surface area contributed by atoms with E-state index < -0.39 is 23.3 Å². The Hall–Kier alpha value is -1.04. The fourth-order valence-corrected chi connectivity index (χ4v) is 1.38. The minimum absolute atomic E-state index is 0.163. The zero-order valence-corrected chi connectivity index (χ0v) is 8.46. The van der Waals surface area contributed by atoms with Gasteiger partial charge in [0.15, 0.2) is 6.29 Å². The summed E-state index contributed by atoms with van der Waals surface area (Å²) in [7, 11) is 0. The second kappa shape index (κ2) is 4.45. The average Bonchev–Trinajstić information content (AvgIpc) is 2.17. The molecule has 6 heteroatoms. The number of halogens is 3. The van der Waals surface area contributed by atoms with Gasteiger partial charge in [-0.25, -0.2) is 8.78 Å². The van der Waals surface area contributed by atoms with Gasteiger partial charge in [-0.3, -0.25) is 9.78 Å². The molecule has 0 saturated carbocycles. The van der Waals surface area contributed by atoms with Crippen molar-refractivity contribution in [1.82, 2.24) is 4.98 Å². The summed E-state index contributed by atoms with van der Waals surface area (Å²) in [5.41, 5.74) is -0.789. The first kappa shape index (κ1) is 11.0. The zero-order valence-electron chi connectivity index (χ0n) is 6.88. The Balaban J connectivity index is 3.35. The number of aromatic hydroxyl groups is 1. The Bertz CT molecular complexity index is 357. The van der Waals surface area contributed by atoms with Gasteiger partial charge in [0.05, 0.1) is 16.8 Å². The number of nitrogens with zero attached hydrogens (tertiary/aromatic N) is 1. The van der Waals surface area contributed by atoms with Crippen LogP contribution in [0.15, 0.2) is 6.20 Å². The molecule has 0 saturated heterocycles. The lowest BCUT2D eigenvalue weighted by atomic mass is 10.1. The van der Waals surface area contributed by atoms with Crippen molar-refractivity contribution in [3.8, 4) is 5.75 Å². The molecule has 0 aliphatic heterocycles. The van der Waals surface area contributed by atoms with E-state index in [1.807, 2.05) is 0 Å². The molecule has 76 valence electrons. The molecule has 0 radical (unpaired) electrons. The van der Waals surface area contributed by atoms with Crippen LogP contribution in [0.5, 0.6) is 5.75 Å². The second-order valence-electron chi connectivity index (χ2n) is 2.47. The van der Waals surface area contributed by atoms with Crippen LogP contribution in [0.25, 0.3) is 0 Å². The number of pyridine rings is 1. The number of hydrogen-bond donors (Lipinski definition) is 1. The van der Waals surface area contributed by atoms with Crippen LogP contribution in [-0.4, -0.2) is 16.4 Å². The van der Waals surface area contributed by atoms with E-state index in [0.29, 0.717) is 0 Å². The summed E-state index contributed by atoms with van der Waals surface area (Å²) in [6.07, 6.45) is -1.73. The molecule has 0 aliphatic carbocycles. The Labute approximate surface area is 86.9 Å². The molecule has 0 amide bonds. The molecular formula is C8H6BrF2NO2. The van der Waals surface area contributed by atoms with E-state index in [-0.39, 0.29) is 17.3 Å². The third-order valence-electron chi connectivity index (χ3n) is 1.68. The molecule has 0 atom stereocenters. The number of aromatic nitrogens is 1. The van der Waals surface area contributed by atoms with Crippen LogP contribution in [0, 0.1) is 0 Å². The van der Waals surface area contributed by atoms with Gasteiger partial charge >= 0.3 is 0 Å². The third-order valence-corrected chi connectivity index (χ3v) is 2.21. The highest BCUT2D eigenvalue weighted by Gasteiger charge is 2.18. The monoisotopic (exact) mass is 265 g/mol. The van der Waals surface area contributed by atoms with Gasteiger partial charge in [-0.15, -0.1) is 0 Å². The Kier molecular flexibility index (Phi) is 3.51. The summed E-state index contributed by atoms with van der Waals surface area (Å²) in [4.78, 5) is 14.1. The molecule has 0 spiro atoms. The Morgan fingerprint density at radius 2 is 2.29 bits per heavy atom. The van der Waals surface area contributed by atoms with Gasteiger partial charge < -0.3 is 5.11 Å². The molecule has 0 aliphatic rings. The van der Waals surface area contributed by atoms with Gasteiger partial charge in [0.2, 0.25) is 0 Å². The van der Waals surface area contributed by atoms with Crippen molar-refractivity contribution in [2.24, 2.45) is 0 Å². The van der Waals surface area contributed by atoms with E-state index in [0.717, 1.165) is 6.20 Å². The van der Waals surface area contributed by atoms with E-state index in [2.05, 4.69) is 20.9 Å². The smallest absolute Gasteiger partial charge is 0.266 e. The first-order valence-corrected chi connectivity index (χ1v) is 4.74. The highest BCUT2D eigenvalue weighted by Crippen LogP contribution is 2.29. The van der Waals surface area contributed by atoms with Gasteiger partial charge in [0.25, 0.3) is 6.43 Å². The molecule has 1 aromatic heterocycles. The number of alkyl halides is 3. The molecule has 1 aromatic rings. The Morgan fingerprint density at radius 3 is 2.71 bits per heavy atom. The number of aldehydes is 1. The van der Waals surface area contributed by atoms with Crippen LogP contribution in [0.1, 0.15) is 28.0 Å². The van der Waals surface area contributed by atoms with Crippen LogP contribution in [-0.2, 0) is 5.33 Å². The van der Waals surface area contributed by atoms with E-state index in [1.54, 1.807) is 0 Å². The highest BCUT2D eigenvalue weighted by atomic mass is 79.9. The first-order chi connectivity index (χ1) is 6.61. The summed E-state index contributed by atoms with van der Waals surface area (Å²) in [5.74, 6) is -0.491. The summed E-state index contributed by atoms with van der Waals surface area (Å²) in [6.45, 7) is 0. The number of hydrogen-bond acceptors (Lipinski definition) is 3. The average molecular weight is 266 g/mol. The lowest BCUT2D eigenvalue weighted by Crippen LogP contribution is -1.99. The quantitative estimate of drug-likeness (QED) is 0.675. The largest absolute Gasteiger partial charge is 0.505 e. The molecule has 3 nitrogen and oxygen atoms in total. The second-order valence-corrected chi connectivity index (χ2v) is 3.04. The van der Waals surface area contributed by atoms with Crippen molar-refractivity contribution in [3.05, 3.63) is 23.0 Å². The van der Waals surface area contributed by atoms with Crippen LogP contribution in [0.2, 0.25) is 0 Å². The lowest BCUT2D eigenvalue weighted by molar-refractivity contribution is 0.110. The highest BCUT2D eigenvalue weighted by molar-refractivity contribution is 9.08. The topological polar surface area (TPSA) is 50.2 Å². The normalized spacial score (nSPS) is 10.6. The van der Waals surface area contributed by atoms with E-state index in [1.165, 1.54) is 0 Å². The van der Waals surface area contributed by atoms with Crippen LogP contribution in [0.3, 0.4) is 0 Å². The molecule has 14 heavy (non-hydrogen) atoms. The van der Waals surface area contributed by atoms with Crippen LogP contribution >= 0.6 is 15.9 Å². The summed E-state index contributed by atoms with van der Waals surface area (Å²) in [6, 6.07) is 0. The Morgan fingerprint density at radius 1 is 1.64 bits per heavy atom. The van der Waals surface area contributed by atoms with Crippen molar-refractivity contribution >= 4 is 22.2 Å². The van der Waals surface area contributed by atoms with Gasteiger partial charge in [-0.2, -0.15) is 0 Å². The maximum Gasteiger partial charge on any atom is 0.266 e. The molecule has 1 N–H and O–H groups in total. The van der Waals surface area contributed by atoms with Crippen molar-refractivity contribution in [3.63, 3.8) is 0 Å².